The number of nitrogens with zero attached hydrogens (tertiary/aromatic N) is 6. The molecule has 27 heteroatoms. The Bertz CT molecular complexity index is 1960. The number of H-pyrrole nitrogens is 1. The van der Waals surface area contributed by atoms with Gasteiger partial charge in [0.2, 0.25) is 0 Å². The van der Waals surface area contributed by atoms with Crippen molar-refractivity contribution in [2.24, 2.45) is 27.9 Å². The summed E-state index contributed by atoms with van der Waals surface area (Å²) < 4.78 is 23.6. The van der Waals surface area contributed by atoms with Crippen LogP contribution in [0, 0.1) is 0 Å². The van der Waals surface area contributed by atoms with Crippen LogP contribution in [0.3, 0.4) is 0 Å². The number of imidazole rings is 1. The number of aromatic amines is 1. The Morgan fingerprint density at radius 1 is 0.897 bits per heavy atom. The molecule has 0 radical (unpaired) electrons. The van der Waals surface area contributed by atoms with E-state index in [4.69, 9.17) is 57.0 Å². The summed E-state index contributed by atoms with van der Waals surface area (Å²) in [6.07, 6.45) is -5.06. The Hall–Kier alpha value is -5.62. The number of nitrogens with one attached hydrogen (secondary N) is 3. The van der Waals surface area contributed by atoms with Gasteiger partial charge in [0.1, 0.15) is 55.8 Å². The molecule has 58 heavy (non-hydrogen) atoms. The number of rotatable bonds is 20. The van der Waals surface area contributed by atoms with E-state index in [1.165, 1.54) is 24.7 Å². The first-order valence-electron chi connectivity index (χ1n) is 17.7. The molecule has 0 bridgehead atoms. The molecule has 5 rings (SSSR count). The number of aliphatic hydroxyl groups excluding tert-OH is 3. The first-order chi connectivity index (χ1) is 27.8. The van der Waals surface area contributed by atoms with Gasteiger partial charge in [-0.15, -0.1) is 4.99 Å². The summed E-state index contributed by atoms with van der Waals surface area (Å²) >= 11 is 0. The second-order valence-corrected chi connectivity index (χ2v) is 13.0. The molecule has 0 unspecified atom stereocenters. The number of esters is 2. The highest BCUT2D eigenvalue weighted by Gasteiger charge is 2.48. The van der Waals surface area contributed by atoms with Crippen molar-refractivity contribution < 1.29 is 58.9 Å². The zero-order valence-electron chi connectivity index (χ0n) is 30.6. The van der Waals surface area contributed by atoms with Crippen LogP contribution < -0.4 is 45.3 Å². The van der Waals surface area contributed by atoms with Crippen molar-refractivity contribution in [1.82, 2.24) is 29.1 Å². The van der Waals surface area contributed by atoms with Crippen LogP contribution in [-0.2, 0) is 44.8 Å². The molecule has 2 aliphatic heterocycles. The minimum atomic E-state index is -1.64. The van der Waals surface area contributed by atoms with E-state index in [0.717, 1.165) is 21.0 Å². The van der Waals surface area contributed by atoms with Crippen LogP contribution in [-0.4, -0.2) is 136 Å². The lowest BCUT2D eigenvalue weighted by Gasteiger charge is -2.21. The maximum Gasteiger partial charge on any atom is 0.351 e. The van der Waals surface area contributed by atoms with Crippen molar-refractivity contribution in [2.75, 3.05) is 30.7 Å². The van der Waals surface area contributed by atoms with Crippen molar-refractivity contribution in [2.45, 2.75) is 86.8 Å². The van der Waals surface area contributed by atoms with Gasteiger partial charge in [-0.3, -0.25) is 34.4 Å². The summed E-state index contributed by atoms with van der Waals surface area (Å²) in [7, 11) is 0. The van der Waals surface area contributed by atoms with E-state index >= 15 is 0 Å². The number of anilines is 2. The Labute approximate surface area is 326 Å². The van der Waals surface area contributed by atoms with E-state index in [-0.39, 0.29) is 37.0 Å². The minimum absolute atomic E-state index is 0.101. The molecule has 10 atom stereocenters. The van der Waals surface area contributed by atoms with Gasteiger partial charge in [0.25, 0.3) is 0 Å². The molecular weight excluding hydrogens is 778 g/mol. The summed E-state index contributed by atoms with van der Waals surface area (Å²) in [6, 6.07) is 0.383. The largest absolute Gasteiger partial charge is 0.462 e. The number of hydrogen-bond donors (Lipinski definition) is 11. The number of carbonyl (C=O) groups is 2. The van der Waals surface area contributed by atoms with Gasteiger partial charge < -0.3 is 62.2 Å². The number of aliphatic hydroxyl groups is 3. The zero-order chi connectivity index (χ0) is 41.9. The molecule has 0 saturated carbocycles. The Balaban J connectivity index is 1.17. The fourth-order valence-corrected chi connectivity index (χ4v) is 5.76. The Morgan fingerprint density at radius 3 is 2.12 bits per heavy atom. The van der Waals surface area contributed by atoms with Crippen molar-refractivity contribution in [1.29, 1.82) is 0 Å². The predicted octanol–water partition coefficient (Wildman–Crippen LogP) is -5.03. The quantitative estimate of drug-likeness (QED) is 0.0127. The fraction of sp³-hybridized carbons (Fsp3) is 0.548. The number of ether oxygens (including phenoxy) is 4. The number of aromatic nitrogens is 6. The number of guanidine groups is 1. The molecule has 2 aliphatic rings. The smallest absolute Gasteiger partial charge is 0.351 e. The minimum Gasteiger partial charge on any atom is -0.462 e. The van der Waals surface area contributed by atoms with E-state index in [9.17, 15) is 34.5 Å². The van der Waals surface area contributed by atoms with Crippen molar-refractivity contribution >= 4 is 29.5 Å². The lowest BCUT2D eigenvalue weighted by molar-refractivity contribution is -0.328. The first kappa shape index (κ1) is 43.5. The van der Waals surface area contributed by atoms with Gasteiger partial charge in [-0.25, -0.2) is 24.9 Å². The van der Waals surface area contributed by atoms with Gasteiger partial charge in [-0.05, 0) is 37.8 Å². The van der Waals surface area contributed by atoms with E-state index in [1.807, 2.05) is 0 Å². The SMILES string of the molecule is NC(N)=NCCC[C@@H](N)C(=O)OC[C@H]1O[C@@H](n2ccc(NOO[C@@H]3[C@H](O)[C@@H](COC(=O)[C@H](N)CCc4cnc[nH]4)O[C@H]3n3ccc(NO)nc3=O)nc2=O)[C@H](O)[C@@H]1O. The molecule has 5 heterocycles. The maximum atomic E-state index is 13.0. The molecule has 0 amide bonds. The van der Waals surface area contributed by atoms with Gasteiger partial charge in [-0.2, -0.15) is 9.97 Å². The van der Waals surface area contributed by atoms with E-state index in [1.54, 1.807) is 11.7 Å². The third kappa shape index (κ3) is 11.1. The molecule has 27 nitrogen and oxygen atoms in total. The molecule has 0 spiro atoms. The Kier molecular flexibility index (Phi) is 15.1. The Morgan fingerprint density at radius 2 is 1.50 bits per heavy atom. The maximum absolute atomic E-state index is 13.0. The van der Waals surface area contributed by atoms with Gasteiger partial charge in [-0.1, -0.05) is 0 Å². The second kappa shape index (κ2) is 20.2. The van der Waals surface area contributed by atoms with Crippen molar-refractivity contribution in [3.05, 3.63) is 63.7 Å². The highest BCUT2D eigenvalue weighted by atomic mass is 17.3. The molecule has 318 valence electrons. The van der Waals surface area contributed by atoms with Gasteiger partial charge >= 0.3 is 23.3 Å². The number of hydrogen-bond acceptors (Lipinski definition) is 22. The molecule has 0 aromatic carbocycles. The van der Waals surface area contributed by atoms with Crippen molar-refractivity contribution in [3.8, 4) is 0 Å². The fourth-order valence-electron chi connectivity index (χ4n) is 5.76. The van der Waals surface area contributed by atoms with Crippen LogP contribution in [0.2, 0.25) is 0 Å². The van der Waals surface area contributed by atoms with Crippen LogP contribution >= 0.6 is 0 Å². The third-order valence-electron chi connectivity index (χ3n) is 8.91. The molecule has 15 N–H and O–H groups in total. The van der Waals surface area contributed by atoms with Crippen LogP contribution in [0.5, 0.6) is 0 Å². The summed E-state index contributed by atoms with van der Waals surface area (Å²) in [5.41, 5.74) is 25.1. The van der Waals surface area contributed by atoms with E-state index < -0.39 is 97.7 Å². The highest BCUT2D eigenvalue weighted by molar-refractivity contribution is 5.76. The lowest BCUT2D eigenvalue weighted by atomic mass is 10.1. The van der Waals surface area contributed by atoms with E-state index in [0.29, 0.717) is 12.8 Å². The second-order valence-electron chi connectivity index (χ2n) is 13.0. The molecule has 0 aliphatic carbocycles. The molecule has 3 aromatic heterocycles. The summed E-state index contributed by atoms with van der Waals surface area (Å²) in [6.45, 7) is -0.750. The lowest BCUT2D eigenvalue weighted by Crippen LogP contribution is -2.40. The number of aryl methyl sites for hydroxylation is 1. The van der Waals surface area contributed by atoms with E-state index in [2.05, 4.69) is 30.4 Å². The van der Waals surface area contributed by atoms with Crippen LogP contribution in [0.25, 0.3) is 0 Å². The average molecular weight is 824 g/mol. The standard InChI is InChI=1S/C31H45N13O14/c32-15(2-1-7-37-29(34)35)27(48)53-11-17-21(45)23(47)25(55-17)43-9-6-20(40-31(43)51)42-58-57-24-22(46)18(56-26(24)44-8-5-19(41-52)39-30(44)50)12-54-28(49)16(33)4-3-14-10-36-13-38-14/h5-6,8-10,13,15-18,21-26,45-47,52H,1-4,7,11-12,32-33H2,(H,36,38)(H4,34,35,37)(H,39,41,50)(H,40,42,51)/t15-,16-,17-,18-,21-,22-,23-,24-,25-,26-/m1/s1. The third-order valence-corrected chi connectivity index (χ3v) is 8.91. The molecule has 2 saturated heterocycles. The summed E-state index contributed by atoms with van der Waals surface area (Å²) in [5, 5.41) is 41.4. The van der Waals surface area contributed by atoms with Gasteiger partial charge in [0.05, 0.1) is 6.33 Å². The molecule has 2 fully saturated rings. The van der Waals surface area contributed by atoms with Crippen molar-refractivity contribution in [3.63, 3.8) is 0 Å². The zero-order valence-corrected chi connectivity index (χ0v) is 30.6. The summed E-state index contributed by atoms with van der Waals surface area (Å²) in [5.74, 6) is -2.12. The highest BCUT2D eigenvalue weighted by Crippen LogP contribution is 2.32. The number of aliphatic imine (C=N–C) groups is 1. The number of carbonyl (C=O) groups excluding carboxylic acids is 2. The van der Waals surface area contributed by atoms with Gasteiger partial charge in [0, 0.05) is 30.8 Å². The molecular formula is C31H45N13O14. The van der Waals surface area contributed by atoms with Crippen LogP contribution in [0.15, 0.2) is 51.6 Å². The first-order valence-corrected chi connectivity index (χ1v) is 17.7. The average Bonchev–Trinajstić information content (AvgIpc) is 3.91. The van der Waals surface area contributed by atoms with Gasteiger partial charge in [0.15, 0.2) is 36.2 Å². The molecule has 3 aromatic rings. The van der Waals surface area contributed by atoms with Crippen LogP contribution in [0.4, 0.5) is 11.6 Å². The topological polar surface area (TPSA) is 409 Å². The predicted molar refractivity (Wildman–Crippen MR) is 193 cm³/mol. The normalized spacial score (nSPS) is 25.1. The summed E-state index contributed by atoms with van der Waals surface area (Å²) in [4.78, 5) is 79.0. The number of nitrogens with two attached hydrogens (primary N) is 4. The van der Waals surface area contributed by atoms with Crippen LogP contribution in [0.1, 0.15) is 37.4 Å². The monoisotopic (exact) mass is 823 g/mol.